The highest BCUT2D eigenvalue weighted by atomic mass is 32.2. The molecule has 0 amide bonds. The molecule has 0 aliphatic heterocycles. The van der Waals surface area contributed by atoms with Crippen molar-refractivity contribution in [2.45, 2.75) is 23.8 Å². The van der Waals surface area contributed by atoms with Crippen LogP contribution in [0.1, 0.15) is 18.6 Å². The first-order chi connectivity index (χ1) is 7.31. The highest BCUT2D eigenvalue weighted by Gasteiger charge is 2.37. The van der Waals surface area contributed by atoms with Gasteiger partial charge in [0.1, 0.15) is 11.0 Å². The predicted octanol–water partition coefficient (Wildman–Crippen LogP) is 2.46. The molecule has 15 heavy (non-hydrogen) atoms. The van der Waals surface area contributed by atoms with Crippen molar-refractivity contribution in [3.63, 3.8) is 0 Å². The monoisotopic (exact) mass is 226 g/mol. The minimum atomic E-state index is -0.103. The van der Waals surface area contributed by atoms with Crippen LogP contribution in [0, 0.1) is 5.92 Å². The molecule has 2 rings (SSSR count). The molecule has 1 heterocycles. The molecule has 3 nitrogen and oxygen atoms in total. The van der Waals surface area contributed by atoms with E-state index < -0.39 is 0 Å². The molecule has 0 spiro atoms. The number of methoxy groups -OCH3 is 1. The van der Waals surface area contributed by atoms with Crippen molar-refractivity contribution in [2.24, 2.45) is 5.92 Å². The molecule has 1 saturated carbocycles. The molecule has 1 aliphatic carbocycles. The molecule has 1 unspecified atom stereocenters. The van der Waals surface area contributed by atoms with Crippen LogP contribution in [-0.2, 0) is 15.3 Å². The van der Waals surface area contributed by atoms with E-state index in [9.17, 15) is 4.79 Å². The minimum absolute atomic E-state index is 0.0138. The van der Waals surface area contributed by atoms with Gasteiger partial charge in [-0.3, -0.25) is 4.79 Å². The van der Waals surface area contributed by atoms with Gasteiger partial charge < -0.3 is 9.15 Å². The Morgan fingerprint density at radius 2 is 2.53 bits per heavy atom. The number of carbonyl (C=O) groups is 1. The van der Waals surface area contributed by atoms with Crippen molar-refractivity contribution >= 4 is 17.7 Å². The average molecular weight is 226 g/mol. The van der Waals surface area contributed by atoms with Crippen molar-refractivity contribution in [3.05, 3.63) is 24.2 Å². The predicted molar refractivity (Wildman–Crippen MR) is 58.5 cm³/mol. The summed E-state index contributed by atoms with van der Waals surface area (Å²) in [5.74, 6) is 2.06. The molecular weight excluding hydrogens is 212 g/mol. The van der Waals surface area contributed by atoms with Crippen LogP contribution >= 0.6 is 11.8 Å². The molecule has 82 valence electrons. The van der Waals surface area contributed by atoms with Gasteiger partial charge in [-0.15, -0.1) is 11.8 Å². The summed E-state index contributed by atoms with van der Waals surface area (Å²) in [7, 11) is 1.45. The highest BCUT2D eigenvalue weighted by molar-refractivity contribution is 7.99. The van der Waals surface area contributed by atoms with Crippen LogP contribution in [-0.4, -0.2) is 18.3 Å². The zero-order valence-corrected chi connectivity index (χ0v) is 9.46. The van der Waals surface area contributed by atoms with Gasteiger partial charge in [-0.2, -0.15) is 0 Å². The Bertz CT molecular complexity index is 317. The quantitative estimate of drug-likeness (QED) is 0.723. The molecule has 0 aromatic carbocycles. The Kier molecular flexibility index (Phi) is 3.36. The molecule has 1 atom stereocenters. The molecular formula is C11H14O3S. The molecule has 0 bridgehead atoms. The Morgan fingerprint density at radius 3 is 3.07 bits per heavy atom. The van der Waals surface area contributed by atoms with Gasteiger partial charge in [-0.1, -0.05) is 0 Å². The Balaban J connectivity index is 1.87. The number of ether oxygens (including phenoxy) is 1. The Hall–Kier alpha value is -0.900. The standard InChI is InChI=1S/C11H14O3S/c1-13-11(12)10(8-4-5-8)15-7-9-3-2-6-14-9/h2-3,6,8,10H,4-5,7H2,1H3. The summed E-state index contributed by atoms with van der Waals surface area (Å²) in [6.45, 7) is 0. The lowest BCUT2D eigenvalue weighted by Crippen LogP contribution is -2.21. The van der Waals surface area contributed by atoms with Gasteiger partial charge in [-0.05, 0) is 30.9 Å². The third kappa shape index (κ3) is 2.78. The summed E-state index contributed by atoms with van der Waals surface area (Å²) in [6.07, 6.45) is 3.94. The summed E-state index contributed by atoms with van der Waals surface area (Å²) in [6, 6.07) is 3.79. The second kappa shape index (κ2) is 4.75. The molecule has 1 aromatic heterocycles. The van der Waals surface area contributed by atoms with Crippen LogP contribution in [0.2, 0.25) is 0 Å². The van der Waals surface area contributed by atoms with Gasteiger partial charge in [0.25, 0.3) is 0 Å². The van der Waals surface area contributed by atoms with E-state index in [-0.39, 0.29) is 11.2 Å². The summed E-state index contributed by atoms with van der Waals surface area (Å²) in [5, 5.41) is -0.0138. The van der Waals surface area contributed by atoms with E-state index in [1.54, 1.807) is 18.0 Å². The smallest absolute Gasteiger partial charge is 0.319 e. The summed E-state index contributed by atoms with van der Waals surface area (Å²) >= 11 is 1.61. The number of rotatable bonds is 5. The van der Waals surface area contributed by atoms with Crippen LogP contribution < -0.4 is 0 Å². The number of furan rings is 1. The van der Waals surface area contributed by atoms with Crippen molar-refractivity contribution in [3.8, 4) is 0 Å². The normalized spacial score (nSPS) is 17.4. The largest absolute Gasteiger partial charge is 0.468 e. The van der Waals surface area contributed by atoms with E-state index >= 15 is 0 Å². The Morgan fingerprint density at radius 1 is 1.73 bits per heavy atom. The molecule has 0 N–H and O–H groups in total. The maximum absolute atomic E-state index is 11.5. The van der Waals surface area contributed by atoms with E-state index in [0.717, 1.165) is 24.4 Å². The summed E-state index contributed by atoms with van der Waals surface area (Å²) in [4.78, 5) is 11.5. The first kappa shape index (κ1) is 10.6. The fourth-order valence-corrected chi connectivity index (χ4v) is 2.76. The van der Waals surface area contributed by atoms with Gasteiger partial charge in [0.15, 0.2) is 0 Å². The molecule has 1 fully saturated rings. The van der Waals surface area contributed by atoms with E-state index in [0.29, 0.717) is 5.92 Å². The number of esters is 1. The second-order valence-corrected chi connectivity index (χ2v) is 4.80. The number of hydrogen-bond donors (Lipinski definition) is 0. The van der Waals surface area contributed by atoms with Gasteiger partial charge in [0.2, 0.25) is 0 Å². The van der Waals surface area contributed by atoms with Crippen molar-refractivity contribution in [1.82, 2.24) is 0 Å². The average Bonchev–Trinajstić information content (AvgIpc) is 2.95. The zero-order chi connectivity index (χ0) is 10.7. The number of thioether (sulfide) groups is 1. The third-order valence-electron chi connectivity index (χ3n) is 2.47. The van der Waals surface area contributed by atoms with Crippen molar-refractivity contribution in [1.29, 1.82) is 0 Å². The lowest BCUT2D eigenvalue weighted by molar-refractivity contribution is -0.140. The van der Waals surface area contributed by atoms with Gasteiger partial charge in [0, 0.05) is 0 Å². The summed E-state index contributed by atoms with van der Waals surface area (Å²) < 4.78 is 10.0. The highest BCUT2D eigenvalue weighted by Crippen LogP contribution is 2.40. The number of carbonyl (C=O) groups excluding carboxylic acids is 1. The van der Waals surface area contributed by atoms with E-state index in [4.69, 9.17) is 9.15 Å². The first-order valence-corrected chi connectivity index (χ1v) is 6.08. The van der Waals surface area contributed by atoms with Gasteiger partial charge in [-0.25, -0.2) is 0 Å². The minimum Gasteiger partial charge on any atom is -0.468 e. The Labute approximate surface area is 93.2 Å². The molecule has 4 heteroatoms. The zero-order valence-electron chi connectivity index (χ0n) is 8.64. The molecule has 0 radical (unpaired) electrons. The lowest BCUT2D eigenvalue weighted by atomic mass is 10.3. The molecule has 1 aromatic rings. The van der Waals surface area contributed by atoms with E-state index in [1.165, 1.54) is 7.11 Å². The van der Waals surface area contributed by atoms with E-state index in [1.807, 2.05) is 12.1 Å². The topological polar surface area (TPSA) is 39.4 Å². The van der Waals surface area contributed by atoms with Gasteiger partial charge in [0.05, 0.1) is 19.1 Å². The third-order valence-corrected chi connectivity index (χ3v) is 3.86. The SMILES string of the molecule is COC(=O)C(SCc1ccco1)C1CC1. The van der Waals surface area contributed by atoms with Crippen LogP contribution in [0.15, 0.2) is 22.8 Å². The fraction of sp³-hybridized carbons (Fsp3) is 0.545. The maximum Gasteiger partial charge on any atom is 0.319 e. The second-order valence-electron chi connectivity index (χ2n) is 3.67. The number of hydrogen-bond acceptors (Lipinski definition) is 4. The lowest BCUT2D eigenvalue weighted by Gasteiger charge is -2.11. The maximum atomic E-state index is 11.5. The summed E-state index contributed by atoms with van der Waals surface area (Å²) in [5.41, 5.74) is 0. The fourth-order valence-electron chi connectivity index (χ4n) is 1.48. The molecule has 0 saturated heterocycles. The van der Waals surface area contributed by atoms with Crippen LogP contribution in [0.25, 0.3) is 0 Å². The first-order valence-electron chi connectivity index (χ1n) is 5.03. The van der Waals surface area contributed by atoms with Crippen LogP contribution in [0.5, 0.6) is 0 Å². The van der Waals surface area contributed by atoms with Gasteiger partial charge >= 0.3 is 5.97 Å². The van der Waals surface area contributed by atoms with Crippen molar-refractivity contribution < 1.29 is 13.9 Å². The van der Waals surface area contributed by atoms with Crippen molar-refractivity contribution in [2.75, 3.05) is 7.11 Å². The molecule has 1 aliphatic rings. The van der Waals surface area contributed by atoms with E-state index in [2.05, 4.69) is 0 Å². The van der Waals surface area contributed by atoms with Crippen LogP contribution in [0.4, 0.5) is 0 Å². The van der Waals surface area contributed by atoms with Crippen LogP contribution in [0.3, 0.4) is 0 Å².